The lowest BCUT2D eigenvalue weighted by atomic mass is 10.2. The summed E-state index contributed by atoms with van der Waals surface area (Å²) < 4.78 is 19.0. The molecule has 0 spiro atoms. The van der Waals surface area contributed by atoms with E-state index in [4.69, 9.17) is 22.4 Å². The van der Waals surface area contributed by atoms with E-state index in [0.717, 1.165) is 6.07 Å². The number of carbonyl (C=O) groups is 1. The van der Waals surface area contributed by atoms with Gasteiger partial charge in [0, 0.05) is 12.5 Å². The van der Waals surface area contributed by atoms with Gasteiger partial charge in [0.1, 0.15) is 10.8 Å². The Hall–Kier alpha value is -2.28. The third kappa shape index (κ3) is 2.83. The second-order valence-corrected chi connectivity index (χ2v) is 4.60. The summed E-state index contributed by atoms with van der Waals surface area (Å²) in [4.78, 5) is 16.0. The first-order valence-corrected chi connectivity index (χ1v) is 6.14. The summed E-state index contributed by atoms with van der Waals surface area (Å²) in [5.74, 6) is -0.764. The third-order valence-corrected chi connectivity index (χ3v) is 2.85. The fourth-order valence-electron chi connectivity index (χ4n) is 1.69. The van der Waals surface area contributed by atoms with Crippen LogP contribution in [0, 0.1) is 19.7 Å². The number of nitrogens with zero attached hydrogens (tertiary/aromatic N) is 1. The van der Waals surface area contributed by atoms with Crippen LogP contribution in [0.15, 0.2) is 22.6 Å². The van der Waals surface area contributed by atoms with E-state index in [9.17, 15) is 9.18 Å². The molecule has 0 aliphatic rings. The van der Waals surface area contributed by atoms with Gasteiger partial charge in [0.15, 0.2) is 5.89 Å². The normalized spacial score (nSPS) is 10.3. The maximum Gasteiger partial charge on any atom is 0.293 e. The number of rotatable bonds is 3. The van der Waals surface area contributed by atoms with Crippen LogP contribution in [0.2, 0.25) is 0 Å². The number of aryl methyl sites for hydroxylation is 2. The van der Waals surface area contributed by atoms with Gasteiger partial charge in [-0.15, -0.1) is 0 Å². The second kappa shape index (κ2) is 5.38. The number of amides is 1. The smallest absolute Gasteiger partial charge is 0.293 e. The molecule has 20 heavy (non-hydrogen) atoms. The highest BCUT2D eigenvalue weighted by Crippen LogP contribution is 2.18. The number of hydrogen-bond acceptors (Lipinski definition) is 4. The van der Waals surface area contributed by atoms with E-state index in [2.05, 4.69) is 10.3 Å². The van der Waals surface area contributed by atoms with Crippen molar-refractivity contribution in [3.8, 4) is 0 Å². The molecular formula is C13H12FN3O2S. The molecule has 5 nitrogen and oxygen atoms in total. The first kappa shape index (κ1) is 14.1. The molecule has 2 rings (SSSR count). The number of nitrogens with two attached hydrogens (primary N) is 1. The SMILES string of the molecule is Cc1nc(C)c(C(=O)Nc2ccc(C(N)=S)cc2F)o1. The molecule has 0 aliphatic heterocycles. The fourth-order valence-corrected chi connectivity index (χ4v) is 1.82. The molecule has 0 atom stereocenters. The molecule has 0 saturated carbocycles. The van der Waals surface area contributed by atoms with Crippen molar-refractivity contribution in [3.63, 3.8) is 0 Å². The van der Waals surface area contributed by atoms with Gasteiger partial charge in [-0.05, 0) is 25.1 Å². The highest BCUT2D eigenvalue weighted by Gasteiger charge is 2.17. The quantitative estimate of drug-likeness (QED) is 0.849. The summed E-state index contributed by atoms with van der Waals surface area (Å²) in [7, 11) is 0. The highest BCUT2D eigenvalue weighted by atomic mass is 32.1. The molecule has 0 radical (unpaired) electrons. The number of hydrogen-bond donors (Lipinski definition) is 2. The predicted octanol–water partition coefficient (Wildman–Crippen LogP) is 2.32. The van der Waals surface area contributed by atoms with Crippen LogP contribution < -0.4 is 11.1 Å². The Labute approximate surface area is 120 Å². The molecule has 0 saturated heterocycles. The van der Waals surface area contributed by atoms with Gasteiger partial charge in [-0.25, -0.2) is 9.37 Å². The zero-order chi connectivity index (χ0) is 14.9. The Kier molecular flexibility index (Phi) is 3.80. The van der Waals surface area contributed by atoms with E-state index in [1.54, 1.807) is 13.8 Å². The Morgan fingerprint density at radius 2 is 2.15 bits per heavy atom. The summed E-state index contributed by atoms with van der Waals surface area (Å²) >= 11 is 4.75. The molecule has 0 bridgehead atoms. The number of carbonyl (C=O) groups excluding carboxylic acids is 1. The van der Waals surface area contributed by atoms with Gasteiger partial charge >= 0.3 is 0 Å². The molecule has 7 heteroatoms. The molecule has 3 N–H and O–H groups in total. The number of benzene rings is 1. The summed E-state index contributed by atoms with van der Waals surface area (Å²) in [6.45, 7) is 3.26. The molecule has 1 aromatic heterocycles. The second-order valence-electron chi connectivity index (χ2n) is 4.16. The molecule has 1 amide bonds. The topological polar surface area (TPSA) is 81.2 Å². The van der Waals surface area contributed by atoms with Crippen molar-refractivity contribution in [2.75, 3.05) is 5.32 Å². The minimum absolute atomic E-state index is 0.0171. The van der Waals surface area contributed by atoms with Crippen molar-refractivity contribution >= 4 is 28.8 Å². The van der Waals surface area contributed by atoms with Crippen LogP contribution in [-0.4, -0.2) is 15.9 Å². The number of anilines is 1. The van der Waals surface area contributed by atoms with E-state index >= 15 is 0 Å². The van der Waals surface area contributed by atoms with E-state index in [0.29, 0.717) is 17.1 Å². The van der Waals surface area contributed by atoms with E-state index < -0.39 is 11.7 Å². The van der Waals surface area contributed by atoms with Gasteiger partial charge in [-0.2, -0.15) is 0 Å². The van der Waals surface area contributed by atoms with Gasteiger partial charge in [0.05, 0.1) is 11.4 Å². The fraction of sp³-hybridized carbons (Fsp3) is 0.154. The van der Waals surface area contributed by atoms with Crippen LogP contribution in [0.4, 0.5) is 10.1 Å². The summed E-state index contributed by atoms with van der Waals surface area (Å²) in [6.07, 6.45) is 0. The lowest BCUT2D eigenvalue weighted by molar-refractivity contribution is 0.0994. The molecule has 2 aromatic rings. The summed E-state index contributed by atoms with van der Waals surface area (Å²) in [5, 5.41) is 2.42. The molecule has 104 valence electrons. The number of halogens is 1. The minimum Gasteiger partial charge on any atom is -0.436 e. The van der Waals surface area contributed by atoms with Crippen molar-refractivity contribution in [1.29, 1.82) is 0 Å². The average molecular weight is 293 g/mol. The summed E-state index contributed by atoms with van der Waals surface area (Å²) in [5.41, 5.74) is 6.25. The number of oxazole rings is 1. The van der Waals surface area contributed by atoms with Crippen LogP contribution in [-0.2, 0) is 0 Å². The number of thiocarbonyl (C=S) groups is 1. The van der Waals surface area contributed by atoms with Crippen LogP contribution in [0.3, 0.4) is 0 Å². The molecular weight excluding hydrogens is 281 g/mol. The molecule has 1 aromatic carbocycles. The Bertz CT molecular complexity index is 697. The number of nitrogens with one attached hydrogen (secondary N) is 1. The third-order valence-electron chi connectivity index (χ3n) is 2.61. The molecule has 0 unspecified atom stereocenters. The van der Waals surface area contributed by atoms with Crippen LogP contribution >= 0.6 is 12.2 Å². The van der Waals surface area contributed by atoms with Gasteiger partial charge in [0.2, 0.25) is 5.76 Å². The first-order chi connectivity index (χ1) is 9.38. The van der Waals surface area contributed by atoms with Gasteiger partial charge in [-0.3, -0.25) is 4.79 Å². The highest BCUT2D eigenvalue weighted by molar-refractivity contribution is 7.80. The standard InChI is InChI=1S/C13H12FN3O2S/c1-6-11(19-7(2)16-6)13(18)17-10-4-3-8(12(15)20)5-9(10)14/h3-5H,1-2H3,(H2,15,20)(H,17,18). The van der Waals surface area contributed by atoms with Gasteiger partial charge in [-0.1, -0.05) is 12.2 Å². The van der Waals surface area contributed by atoms with E-state index in [-0.39, 0.29) is 16.4 Å². The lowest BCUT2D eigenvalue weighted by Crippen LogP contribution is -2.15. The van der Waals surface area contributed by atoms with Crippen molar-refractivity contribution < 1.29 is 13.6 Å². The lowest BCUT2D eigenvalue weighted by Gasteiger charge is -2.06. The van der Waals surface area contributed by atoms with Crippen molar-refractivity contribution in [2.45, 2.75) is 13.8 Å². The molecule has 0 aliphatic carbocycles. The van der Waals surface area contributed by atoms with E-state index in [1.165, 1.54) is 12.1 Å². The summed E-state index contributed by atoms with van der Waals surface area (Å²) in [6, 6.07) is 4.08. The van der Waals surface area contributed by atoms with Crippen LogP contribution in [0.1, 0.15) is 27.7 Å². The van der Waals surface area contributed by atoms with Gasteiger partial charge in [0.25, 0.3) is 5.91 Å². The maximum atomic E-state index is 13.8. The van der Waals surface area contributed by atoms with Crippen molar-refractivity contribution in [3.05, 3.63) is 46.9 Å². The Morgan fingerprint density at radius 1 is 1.45 bits per heavy atom. The monoisotopic (exact) mass is 293 g/mol. The molecule has 1 heterocycles. The average Bonchev–Trinajstić information content (AvgIpc) is 2.70. The Balaban J connectivity index is 2.24. The van der Waals surface area contributed by atoms with E-state index in [1.807, 2.05) is 0 Å². The minimum atomic E-state index is -0.627. The van der Waals surface area contributed by atoms with Crippen LogP contribution in [0.25, 0.3) is 0 Å². The predicted molar refractivity (Wildman–Crippen MR) is 76.2 cm³/mol. The van der Waals surface area contributed by atoms with Crippen LogP contribution in [0.5, 0.6) is 0 Å². The maximum absolute atomic E-state index is 13.8. The molecule has 0 fully saturated rings. The zero-order valence-corrected chi connectivity index (χ0v) is 11.7. The largest absolute Gasteiger partial charge is 0.436 e. The number of aromatic nitrogens is 1. The zero-order valence-electron chi connectivity index (χ0n) is 10.9. The van der Waals surface area contributed by atoms with Crippen molar-refractivity contribution in [2.24, 2.45) is 5.73 Å². The Morgan fingerprint density at radius 3 is 2.65 bits per heavy atom. The first-order valence-electron chi connectivity index (χ1n) is 5.73. The van der Waals surface area contributed by atoms with Gasteiger partial charge < -0.3 is 15.5 Å². The van der Waals surface area contributed by atoms with Crippen molar-refractivity contribution in [1.82, 2.24) is 4.98 Å².